The van der Waals surface area contributed by atoms with E-state index < -0.39 is 36.2 Å². The fourth-order valence-electron chi connectivity index (χ4n) is 2.52. The lowest BCUT2D eigenvalue weighted by Crippen LogP contribution is -2.52. The Kier molecular flexibility index (Phi) is 7.60. The van der Waals surface area contributed by atoms with Crippen molar-refractivity contribution in [1.29, 1.82) is 0 Å². The number of carbonyl (C=O) groups excluding carboxylic acids is 1. The Morgan fingerprint density at radius 1 is 1.30 bits per heavy atom. The number of aromatic nitrogens is 1. The number of hydrogen-bond acceptors (Lipinski definition) is 5. The molecule has 1 aliphatic rings. The molecule has 0 radical (unpaired) electrons. The minimum atomic E-state index is -4.66. The summed E-state index contributed by atoms with van der Waals surface area (Å²) in [5.74, 6) is -1.11. The third-order valence-electron chi connectivity index (χ3n) is 3.92. The molecular weight excluding hydrogens is 422 g/mol. The van der Waals surface area contributed by atoms with Gasteiger partial charge in [0.05, 0.1) is 18.3 Å². The Morgan fingerprint density at radius 3 is 2.50 bits per heavy atom. The Labute approximate surface area is 167 Å². The van der Waals surface area contributed by atoms with E-state index in [0.29, 0.717) is 6.07 Å². The average molecular weight is 442 g/mol. The summed E-state index contributed by atoms with van der Waals surface area (Å²) in [5, 5.41) is 5.41. The highest BCUT2D eigenvalue weighted by molar-refractivity contribution is 6.02. The van der Waals surface area contributed by atoms with Crippen molar-refractivity contribution in [3.05, 3.63) is 29.6 Å². The van der Waals surface area contributed by atoms with Crippen molar-refractivity contribution in [2.45, 2.75) is 43.9 Å². The van der Waals surface area contributed by atoms with Gasteiger partial charge in [-0.05, 0) is 19.1 Å². The molecule has 14 heteroatoms. The van der Waals surface area contributed by atoms with Gasteiger partial charge in [0, 0.05) is 25.8 Å². The van der Waals surface area contributed by atoms with Crippen molar-refractivity contribution in [3.63, 3.8) is 0 Å². The van der Waals surface area contributed by atoms with Crippen molar-refractivity contribution in [3.8, 4) is 0 Å². The summed E-state index contributed by atoms with van der Waals surface area (Å²) in [7, 11) is 1.43. The maximum Gasteiger partial charge on any atom is 0.433 e. The van der Waals surface area contributed by atoms with Gasteiger partial charge in [-0.1, -0.05) is 0 Å². The van der Waals surface area contributed by atoms with E-state index in [0.717, 1.165) is 12.3 Å². The van der Waals surface area contributed by atoms with Crippen LogP contribution < -0.4 is 21.5 Å². The lowest BCUT2D eigenvalue weighted by atomic mass is 10.2. The zero-order valence-corrected chi connectivity index (χ0v) is 15.9. The number of nitrogens with zero attached hydrogens (tertiary/aromatic N) is 2. The SMILES string of the molecule is COC[C@H](C)N/C(=N/C(=O)c1ccc(C(F)(F)F)nc1)NC1CC(C(F)(F)F)NN1. The lowest BCUT2D eigenvalue weighted by molar-refractivity contribution is -0.153. The standard InChI is InChI=1S/C16H20F6N6O2/c1-8(7-30-2)24-14(25-12-5-11(27-28-12)16(20,21)22)26-13(29)9-3-4-10(23-6-9)15(17,18)19/h3-4,6,8,11-12,27-28H,5,7H2,1-2H3,(H2,24,25,26,29)/t8-,11?,12?/m0/s1. The lowest BCUT2D eigenvalue weighted by Gasteiger charge is -2.20. The van der Waals surface area contributed by atoms with Gasteiger partial charge in [0.2, 0.25) is 5.96 Å². The van der Waals surface area contributed by atoms with Crippen LogP contribution in [-0.4, -0.2) is 55.0 Å². The first-order valence-electron chi connectivity index (χ1n) is 8.66. The summed E-state index contributed by atoms with van der Waals surface area (Å²) < 4.78 is 81.1. The molecule has 2 rings (SSSR count). The third kappa shape index (κ3) is 6.81. The second kappa shape index (κ2) is 9.57. The van der Waals surface area contributed by atoms with Crippen LogP contribution in [0.2, 0.25) is 0 Å². The van der Waals surface area contributed by atoms with E-state index in [1.807, 2.05) is 0 Å². The monoisotopic (exact) mass is 442 g/mol. The predicted octanol–water partition coefficient (Wildman–Crippen LogP) is 1.57. The van der Waals surface area contributed by atoms with Crippen LogP contribution in [0.3, 0.4) is 0 Å². The fraction of sp³-hybridized carbons (Fsp3) is 0.562. The van der Waals surface area contributed by atoms with Gasteiger partial charge in [-0.3, -0.25) is 9.78 Å². The van der Waals surface area contributed by atoms with E-state index in [4.69, 9.17) is 4.74 Å². The van der Waals surface area contributed by atoms with Crippen LogP contribution in [0.5, 0.6) is 0 Å². The maximum atomic E-state index is 12.8. The number of alkyl halides is 6. The Morgan fingerprint density at radius 2 is 2.00 bits per heavy atom. The van der Waals surface area contributed by atoms with Crippen molar-refractivity contribution >= 4 is 11.9 Å². The number of rotatable bonds is 5. The van der Waals surface area contributed by atoms with Crippen molar-refractivity contribution in [2.24, 2.45) is 4.99 Å². The number of halogens is 6. The summed E-state index contributed by atoms with van der Waals surface area (Å²) in [6.07, 6.45) is -9.72. The molecular formula is C16H20F6N6O2. The average Bonchev–Trinajstić information content (AvgIpc) is 3.10. The molecule has 0 bridgehead atoms. The molecule has 2 heterocycles. The van der Waals surface area contributed by atoms with Gasteiger partial charge in [-0.2, -0.15) is 31.3 Å². The molecule has 168 valence electrons. The number of hydrazine groups is 1. The number of amides is 1. The summed E-state index contributed by atoms with van der Waals surface area (Å²) >= 11 is 0. The number of hydrogen-bond donors (Lipinski definition) is 4. The topological polar surface area (TPSA) is 99.7 Å². The normalized spacial score (nSPS) is 21.4. The smallest absolute Gasteiger partial charge is 0.383 e. The molecule has 0 aliphatic carbocycles. The molecule has 1 aliphatic heterocycles. The summed E-state index contributed by atoms with van der Waals surface area (Å²) in [6.45, 7) is 1.86. The molecule has 0 saturated carbocycles. The minimum Gasteiger partial charge on any atom is -0.383 e. The molecule has 30 heavy (non-hydrogen) atoms. The first-order chi connectivity index (χ1) is 13.9. The number of aliphatic imine (C=N–C) groups is 1. The maximum absolute atomic E-state index is 12.8. The number of pyridine rings is 1. The molecule has 1 fully saturated rings. The van der Waals surface area contributed by atoms with Gasteiger partial charge in [0.25, 0.3) is 5.91 Å². The number of carbonyl (C=O) groups is 1. The van der Waals surface area contributed by atoms with E-state index in [1.54, 1.807) is 6.92 Å². The van der Waals surface area contributed by atoms with Gasteiger partial charge in [0.1, 0.15) is 11.7 Å². The van der Waals surface area contributed by atoms with Crippen LogP contribution in [0.4, 0.5) is 26.3 Å². The molecule has 2 unspecified atom stereocenters. The molecule has 1 aromatic heterocycles. The Bertz CT molecular complexity index is 752. The number of guanidine groups is 1. The first-order valence-corrected chi connectivity index (χ1v) is 8.66. The summed E-state index contributed by atoms with van der Waals surface area (Å²) in [6, 6.07) is -0.643. The Hall–Kier alpha value is -2.45. The van der Waals surface area contributed by atoms with Crippen LogP contribution >= 0.6 is 0 Å². The van der Waals surface area contributed by atoms with Gasteiger partial charge in [-0.25, -0.2) is 10.9 Å². The fourth-order valence-corrected chi connectivity index (χ4v) is 2.52. The number of ether oxygens (including phenoxy) is 1. The van der Waals surface area contributed by atoms with Crippen LogP contribution in [0, 0.1) is 0 Å². The van der Waals surface area contributed by atoms with Gasteiger partial charge in [-0.15, -0.1) is 0 Å². The highest BCUT2D eigenvalue weighted by Crippen LogP contribution is 2.27. The minimum absolute atomic E-state index is 0.174. The van der Waals surface area contributed by atoms with Gasteiger partial charge in [0.15, 0.2) is 0 Å². The van der Waals surface area contributed by atoms with Crippen LogP contribution in [0.1, 0.15) is 29.4 Å². The van der Waals surface area contributed by atoms with Crippen LogP contribution in [0.25, 0.3) is 0 Å². The molecule has 0 aromatic carbocycles. The Balaban J connectivity index is 2.15. The van der Waals surface area contributed by atoms with E-state index >= 15 is 0 Å². The van der Waals surface area contributed by atoms with Gasteiger partial charge >= 0.3 is 12.4 Å². The quantitative estimate of drug-likeness (QED) is 0.312. The molecule has 1 aromatic rings. The van der Waals surface area contributed by atoms with Crippen LogP contribution in [0.15, 0.2) is 23.3 Å². The molecule has 0 spiro atoms. The second-order valence-electron chi connectivity index (χ2n) is 6.51. The predicted molar refractivity (Wildman–Crippen MR) is 93.1 cm³/mol. The molecule has 3 atom stereocenters. The number of methoxy groups -OCH3 is 1. The molecule has 4 N–H and O–H groups in total. The van der Waals surface area contributed by atoms with Crippen molar-refractivity contribution in [2.75, 3.05) is 13.7 Å². The summed E-state index contributed by atoms with van der Waals surface area (Å²) in [4.78, 5) is 19.2. The molecule has 1 amide bonds. The van der Waals surface area contributed by atoms with E-state index in [2.05, 4.69) is 31.5 Å². The van der Waals surface area contributed by atoms with Crippen molar-refractivity contribution < 1.29 is 35.9 Å². The zero-order chi connectivity index (χ0) is 22.5. The van der Waals surface area contributed by atoms with Gasteiger partial charge < -0.3 is 15.4 Å². The van der Waals surface area contributed by atoms with E-state index in [1.165, 1.54) is 7.11 Å². The molecule has 1 saturated heterocycles. The molecule has 8 nitrogen and oxygen atoms in total. The highest BCUT2D eigenvalue weighted by atomic mass is 19.4. The highest BCUT2D eigenvalue weighted by Gasteiger charge is 2.44. The zero-order valence-electron chi connectivity index (χ0n) is 15.9. The van der Waals surface area contributed by atoms with E-state index in [-0.39, 0.29) is 30.6 Å². The van der Waals surface area contributed by atoms with Crippen molar-refractivity contribution in [1.82, 2.24) is 26.5 Å². The third-order valence-corrected chi connectivity index (χ3v) is 3.92. The van der Waals surface area contributed by atoms with Crippen LogP contribution in [-0.2, 0) is 10.9 Å². The number of nitrogens with one attached hydrogen (secondary N) is 4. The largest absolute Gasteiger partial charge is 0.433 e. The summed E-state index contributed by atoms with van der Waals surface area (Å²) in [5.41, 5.74) is 3.09. The second-order valence-corrected chi connectivity index (χ2v) is 6.51. The first kappa shape index (κ1) is 23.8. The van der Waals surface area contributed by atoms with E-state index in [9.17, 15) is 31.1 Å².